The summed E-state index contributed by atoms with van der Waals surface area (Å²) in [5.74, 6) is 0. The van der Waals surface area contributed by atoms with Crippen LogP contribution in [0.5, 0.6) is 0 Å². The van der Waals surface area contributed by atoms with Gasteiger partial charge in [-0.15, -0.1) is 0 Å². The molecule has 0 fully saturated rings. The second kappa shape index (κ2) is 9.96. The zero-order chi connectivity index (χ0) is 19.7. The molecule has 0 saturated heterocycles. The van der Waals surface area contributed by atoms with Gasteiger partial charge in [-0.05, 0) is 69.2 Å². The highest BCUT2D eigenvalue weighted by Gasteiger charge is 2.15. The molecule has 2 rings (SSSR count). The Morgan fingerprint density at radius 1 is 1.07 bits per heavy atom. The van der Waals surface area contributed by atoms with Gasteiger partial charge in [0.15, 0.2) is 0 Å². The average molecular weight is 366 g/mol. The summed E-state index contributed by atoms with van der Waals surface area (Å²) in [6.45, 7) is 8.36. The van der Waals surface area contributed by atoms with Crippen LogP contribution in [0.2, 0.25) is 0 Å². The minimum atomic E-state index is -0.449. The van der Waals surface area contributed by atoms with E-state index in [4.69, 9.17) is 4.74 Å². The first-order valence-electron chi connectivity index (χ1n) is 9.60. The van der Waals surface area contributed by atoms with Crippen LogP contribution >= 0.6 is 0 Å². The molecule has 0 atom stereocenters. The Kier molecular flexibility index (Phi) is 7.66. The number of carbonyl (C=O) groups is 1. The summed E-state index contributed by atoms with van der Waals surface area (Å²) in [4.78, 5) is 11.5. The van der Waals surface area contributed by atoms with E-state index in [2.05, 4.69) is 72.9 Å². The molecule has 0 radical (unpaired) electrons. The Bertz CT molecular complexity index is 755. The molecule has 0 aliphatic rings. The van der Waals surface area contributed by atoms with Crippen LogP contribution in [0.4, 0.5) is 4.79 Å². The lowest BCUT2D eigenvalue weighted by atomic mass is 10.00. The molecule has 2 aromatic carbocycles. The highest BCUT2D eigenvalue weighted by Crippen LogP contribution is 2.15. The van der Waals surface area contributed by atoms with Crippen molar-refractivity contribution in [2.75, 3.05) is 6.54 Å². The summed E-state index contributed by atoms with van der Waals surface area (Å²) in [5, 5.41) is 2.78. The van der Waals surface area contributed by atoms with Gasteiger partial charge in [0, 0.05) is 6.54 Å². The topological polar surface area (TPSA) is 38.3 Å². The van der Waals surface area contributed by atoms with Crippen molar-refractivity contribution in [2.24, 2.45) is 0 Å². The summed E-state index contributed by atoms with van der Waals surface area (Å²) in [6, 6.07) is 17.2. The predicted octanol–water partition coefficient (Wildman–Crippen LogP) is 5.90. The van der Waals surface area contributed by atoms with Gasteiger partial charge in [0.1, 0.15) is 5.60 Å². The number of carbonyl (C=O) groups excluding carboxylic acids is 1. The summed E-state index contributed by atoms with van der Waals surface area (Å²) in [5.41, 5.74) is 4.78. The molecule has 27 heavy (non-hydrogen) atoms. The number of aryl methyl sites for hydroxylation is 1. The van der Waals surface area contributed by atoms with E-state index < -0.39 is 5.60 Å². The van der Waals surface area contributed by atoms with Crippen molar-refractivity contribution < 1.29 is 9.53 Å². The number of nitrogens with one attached hydrogen (secondary N) is 1. The first kappa shape index (κ1) is 20.8. The molecule has 0 aromatic heterocycles. The van der Waals surface area contributed by atoms with Crippen LogP contribution in [0.25, 0.3) is 6.08 Å². The molecule has 2 aromatic rings. The average Bonchev–Trinajstić information content (AvgIpc) is 2.60. The zero-order valence-corrected chi connectivity index (χ0v) is 16.9. The second-order valence-electron chi connectivity index (χ2n) is 7.82. The maximum Gasteiger partial charge on any atom is 0.407 e. The standard InChI is InChI=1S/C24H31NO2/c1-19-10-7-8-12-22(19)18-21-15-13-20(14-16-21)11-6-5-9-17-25-23(26)27-24(2,3)4/h6-8,10-16H,5,9,17-18H2,1-4H3,(H,25,26)/b11-6+. The van der Waals surface area contributed by atoms with E-state index >= 15 is 0 Å². The molecule has 1 N–H and O–H groups in total. The van der Waals surface area contributed by atoms with E-state index in [1.165, 1.54) is 22.3 Å². The monoisotopic (exact) mass is 365 g/mol. The van der Waals surface area contributed by atoms with Crippen molar-refractivity contribution in [1.82, 2.24) is 5.32 Å². The molecule has 0 aliphatic heterocycles. The highest BCUT2D eigenvalue weighted by atomic mass is 16.6. The van der Waals surface area contributed by atoms with Gasteiger partial charge in [-0.3, -0.25) is 0 Å². The van der Waals surface area contributed by atoms with E-state index in [9.17, 15) is 4.79 Å². The van der Waals surface area contributed by atoms with Crippen LogP contribution < -0.4 is 5.32 Å². The van der Waals surface area contributed by atoms with Crippen LogP contribution in [0.1, 0.15) is 55.9 Å². The quantitative estimate of drug-likeness (QED) is 0.620. The Morgan fingerprint density at radius 2 is 1.78 bits per heavy atom. The van der Waals surface area contributed by atoms with Crippen LogP contribution in [0.15, 0.2) is 54.6 Å². The number of benzene rings is 2. The molecule has 1 amide bonds. The normalized spacial score (nSPS) is 11.6. The Balaban J connectivity index is 1.71. The fourth-order valence-corrected chi connectivity index (χ4v) is 2.72. The van der Waals surface area contributed by atoms with Gasteiger partial charge in [0.05, 0.1) is 0 Å². The van der Waals surface area contributed by atoms with Gasteiger partial charge < -0.3 is 10.1 Å². The van der Waals surface area contributed by atoms with Crippen LogP contribution in [0, 0.1) is 6.92 Å². The van der Waals surface area contributed by atoms with E-state index in [0.29, 0.717) is 6.54 Å². The lowest BCUT2D eigenvalue weighted by Crippen LogP contribution is -2.32. The van der Waals surface area contributed by atoms with Crippen LogP contribution in [0.3, 0.4) is 0 Å². The number of amides is 1. The fourth-order valence-electron chi connectivity index (χ4n) is 2.72. The number of ether oxygens (including phenoxy) is 1. The smallest absolute Gasteiger partial charge is 0.407 e. The van der Waals surface area contributed by atoms with Crippen molar-refractivity contribution in [3.8, 4) is 0 Å². The second-order valence-corrected chi connectivity index (χ2v) is 7.82. The summed E-state index contributed by atoms with van der Waals surface area (Å²) < 4.78 is 5.21. The lowest BCUT2D eigenvalue weighted by Gasteiger charge is -2.19. The molecular weight excluding hydrogens is 334 g/mol. The lowest BCUT2D eigenvalue weighted by molar-refractivity contribution is 0.0527. The van der Waals surface area contributed by atoms with Crippen LogP contribution in [-0.4, -0.2) is 18.2 Å². The molecule has 3 nitrogen and oxygen atoms in total. The fraction of sp³-hybridized carbons (Fsp3) is 0.375. The Morgan fingerprint density at radius 3 is 2.44 bits per heavy atom. The highest BCUT2D eigenvalue weighted by molar-refractivity contribution is 5.67. The largest absolute Gasteiger partial charge is 0.444 e. The number of alkyl carbamates (subject to hydrolysis) is 1. The summed E-state index contributed by atoms with van der Waals surface area (Å²) in [7, 11) is 0. The van der Waals surface area contributed by atoms with Crippen molar-refractivity contribution in [1.29, 1.82) is 0 Å². The molecule has 0 saturated carbocycles. The molecule has 0 aliphatic carbocycles. The van der Waals surface area contributed by atoms with E-state index in [-0.39, 0.29) is 6.09 Å². The maximum absolute atomic E-state index is 11.5. The van der Waals surface area contributed by atoms with Gasteiger partial charge in [-0.2, -0.15) is 0 Å². The van der Waals surface area contributed by atoms with Gasteiger partial charge in [0.2, 0.25) is 0 Å². The number of allylic oxidation sites excluding steroid dienone is 1. The maximum atomic E-state index is 11.5. The minimum absolute atomic E-state index is 0.351. The molecule has 0 spiro atoms. The molecule has 0 unspecified atom stereocenters. The summed E-state index contributed by atoms with van der Waals surface area (Å²) >= 11 is 0. The van der Waals surface area contributed by atoms with E-state index in [1.54, 1.807) is 0 Å². The van der Waals surface area contributed by atoms with Crippen LogP contribution in [-0.2, 0) is 11.2 Å². The SMILES string of the molecule is Cc1ccccc1Cc1ccc(/C=C/CCCNC(=O)OC(C)(C)C)cc1. The van der Waals surface area contributed by atoms with Gasteiger partial charge in [0.25, 0.3) is 0 Å². The Hall–Kier alpha value is -2.55. The third kappa shape index (κ3) is 8.12. The van der Waals surface area contributed by atoms with Crippen molar-refractivity contribution in [2.45, 2.75) is 52.6 Å². The molecule has 0 heterocycles. The summed E-state index contributed by atoms with van der Waals surface area (Å²) in [6.07, 6.45) is 6.70. The number of unbranched alkanes of at least 4 members (excludes halogenated alkanes) is 1. The molecule has 144 valence electrons. The predicted molar refractivity (Wildman–Crippen MR) is 113 cm³/mol. The number of hydrogen-bond acceptors (Lipinski definition) is 2. The van der Waals surface area contributed by atoms with E-state index in [1.807, 2.05) is 20.8 Å². The van der Waals surface area contributed by atoms with Gasteiger partial charge in [-0.25, -0.2) is 4.79 Å². The van der Waals surface area contributed by atoms with Crippen molar-refractivity contribution >= 4 is 12.2 Å². The third-order valence-electron chi connectivity index (χ3n) is 4.16. The first-order valence-corrected chi connectivity index (χ1v) is 9.60. The Labute approximate surface area is 163 Å². The number of rotatable bonds is 7. The van der Waals surface area contributed by atoms with Crippen molar-refractivity contribution in [3.63, 3.8) is 0 Å². The third-order valence-corrected chi connectivity index (χ3v) is 4.16. The zero-order valence-electron chi connectivity index (χ0n) is 16.9. The molecule has 0 bridgehead atoms. The van der Waals surface area contributed by atoms with Gasteiger partial charge >= 0.3 is 6.09 Å². The minimum Gasteiger partial charge on any atom is -0.444 e. The van der Waals surface area contributed by atoms with Gasteiger partial charge in [-0.1, -0.05) is 60.7 Å². The van der Waals surface area contributed by atoms with Crippen molar-refractivity contribution in [3.05, 3.63) is 76.9 Å². The van der Waals surface area contributed by atoms with E-state index in [0.717, 1.165) is 19.3 Å². The number of hydrogen-bond donors (Lipinski definition) is 1. The molecular formula is C24H31NO2. The first-order chi connectivity index (χ1) is 12.8. The molecule has 3 heteroatoms.